The Labute approximate surface area is 180 Å². The summed E-state index contributed by atoms with van der Waals surface area (Å²) in [5.41, 5.74) is -0.709. The first kappa shape index (κ1) is 23.9. The van der Waals surface area contributed by atoms with Gasteiger partial charge in [-0.2, -0.15) is 22.0 Å². The highest BCUT2D eigenvalue weighted by Gasteiger charge is 2.41. The van der Waals surface area contributed by atoms with Crippen molar-refractivity contribution in [1.82, 2.24) is 14.4 Å². The maximum atomic E-state index is 13.1. The van der Waals surface area contributed by atoms with Crippen molar-refractivity contribution in [2.24, 2.45) is 0 Å². The molecule has 0 aliphatic carbocycles. The number of hydrogen-bond acceptors (Lipinski definition) is 6. The van der Waals surface area contributed by atoms with Gasteiger partial charge in [-0.3, -0.25) is 13.6 Å². The highest BCUT2D eigenvalue weighted by atomic mass is 32.2. The summed E-state index contributed by atoms with van der Waals surface area (Å²) in [4.78, 5) is 8.17. The molecule has 174 valence electrons. The SMILES string of the molecule is CCOSOc1c(-c2ccc(OCC(F)(F)C(F)F)cn2)nc2ccc(C(F)(F)F)cn12. The third-order valence-corrected chi connectivity index (χ3v) is 4.47. The van der Waals surface area contributed by atoms with E-state index < -0.39 is 30.7 Å². The molecule has 0 amide bonds. The number of nitrogens with zero attached hydrogens (tertiary/aromatic N) is 3. The van der Waals surface area contributed by atoms with Gasteiger partial charge >= 0.3 is 18.5 Å². The molecule has 0 saturated carbocycles. The molecule has 3 heterocycles. The van der Waals surface area contributed by atoms with Crippen LogP contribution in [-0.2, 0) is 10.4 Å². The molecule has 0 unspecified atom stereocenters. The lowest BCUT2D eigenvalue weighted by Gasteiger charge is -2.15. The van der Waals surface area contributed by atoms with Crippen molar-refractivity contribution in [3.8, 4) is 23.0 Å². The van der Waals surface area contributed by atoms with Gasteiger partial charge in [0, 0.05) is 6.20 Å². The summed E-state index contributed by atoms with van der Waals surface area (Å²) in [6.07, 6.45) is -6.73. The number of alkyl halides is 7. The standard InChI is InChI=1S/C18H14F7N3O3S/c1-2-30-32-31-15-14(27-13-6-3-10(8-28(13)15)18(23,24)25)12-5-4-11(7-26-12)29-9-17(21,22)16(19)20/h3-8,16H,2,9H2,1H3. The van der Waals surface area contributed by atoms with E-state index in [1.54, 1.807) is 6.92 Å². The van der Waals surface area contributed by atoms with Gasteiger partial charge in [0.1, 0.15) is 11.4 Å². The van der Waals surface area contributed by atoms with E-state index >= 15 is 0 Å². The molecule has 3 aromatic heterocycles. The van der Waals surface area contributed by atoms with Crippen molar-refractivity contribution >= 4 is 18.0 Å². The van der Waals surface area contributed by atoms with Crippen LogP contribution in [0.2, 0.25) is 0 Å². The Morgan fingerprint density at radius 1 is 1.09 bits per heavy atom. The molecule has 0 radical (unpaired) electrons. The maximum absolute atomic E-state index is 13.1. The van der Waals surface area contributed by atoms with E-state index in [0.717, 1.165) is 28.9 Å². The zero-order chi connectivity index (χ0) is 23.5. The van der Waals surface area contributed by atoms with Crippen LogP contribution < -0.4 is 8.92 Å². The van der Waals surface area contributed by atoms with E-state index in [0.29, 0.717) is 12.3 Å². The van der Waals surface area contributed by atoms with Crippen LogP contribution in [-0.4, -0.2) is 39.9 Å². The van der Waals surface area contributed by atoms with Gasteiger partial charge in [-0.05, 0) is 31.2 Å². The Morgan fingerprint density at radius 3 is 2.44 bits per heavy atom. The van der Waals surface area contributed by atoms with Gasteiger partial charge < -0.3 is 8.92 Å². The fraction of sp³-hybridized carbons (Fsp3) is 0.333. The lowest BCUT2D eigenvalue weighted by Crippen LogP contribution is -2.33. The van der Waals surface area contributed by atoms with Gasteiger partial charge in [-0.25, -0.2) is 13.8 Å². The number of imidazole rings is 1. The predicted molar refractivity (Wildman–Crippen MR) is 99.7 cm³/mol. The van der Waals surface area contributed by atoms with E-state index in [2.05, 4.69) is 14.7 Å². The van der Waals surface area contributed by atoms with E-state index in [1.165, 1.54) is 12.1 Å². The molecular weight excluding hydrogens is 471 g/mol. The minimum absolute atomic E-state index is 0.0287. The van der Waals surface area contributed by atoms with Crippen LogP contribution in [0.4, 0.5) is 30.7 Å². The number of aromatic nitrogens is 3. The number of rotatable bonds is 9. The van der Waals surface area contributed by atoms with Gasteiger partial charge in [-0.1, -0.05) is 0 Å². The smallest absolute Gasteiger partial charge is 0.417 e. The molecule has 0 fully saturated rings. The molecule has 0 aliphatic heterocycles. The van der Waals surface area contributed by atoms with Crippen molar-refractivity contribution in [2.75, 3.05) is 13.2 Å². The second-order valence-electron chi connectivity index (χ2n) is 6.20. The quantitative estimate of drug-likeness (QED) is 0.221. The molecule has 0 spiro atoms. The Bertz CT molecular complexity index is 1060. The summed E-state index contributed by atoms with van der Waals surface area (Å²) in [6.45, 7) is 0.364. The summed E-state index contributed by atoms with van der Waals surface area (Å²) in [6, 6.07) is 4.42. The van der Waals surface area contributed by atoms with Crippen molar-refractivity contribution in [3.05, 3.63) is 42.2 Å². The van der Waals surface area contributed by atoms with E-state index in [-0.39, 0.29) is 35.3 Å². The Kier molecular flexibility index (Phi) is 7.03. The molecule has 3 aromatic rings. The molecule has 0 atom stereocenters. The summed E-state index contributed by atoms with van der Waals surface area (Å²) < 4.78 is 106. The maximum Gasteiger partial charge on any atom is 0.417 e. The average Bonchev–Trinajstić information content (AvgIpc) is 3.10. The van der Waals surface area contributed by atoms with Crippen LogP contribution in [0.5, 0.6) is 11.6 Å². The molecule has 32 heavy (non-hydrogen) atoms. The van der Waals surface area contributed by atoms with E-state index in [9.17, 15) is 30.7 Å². The highest BCUT2D eigenvalue weighted by Crippen LogP contribution is 2.36. The van der Waals surface area contributed by atoms with Gasteiger partial charge in [0.05, 0.1) is 24.1 Å². The molecule has 0 aromatic carbocycles. The highest BCUT2D eigenvalue weighted by molar-refractivity contribution is 7.90. The minimum Gasteiger partial charge on any atom is -0.485 e. The molecule has 0 bridgehead atoms. The monoisotopic (exact) mass is 485 g/mol. The third-order valence-electron chi connectivity index (χ3n) is 3.91. The number of ether oxygens (including phenoxy) is 1. The van der Waals surface area contributed by atoms with Crippen molar-refractivity contribution in [3.63, 3.8) is 0 Å². The first-order valence-corrected chi connectivity index (χ1v) is 9.50. The van der Waals surface area contributed by atoms with Crippen LogP contribution in [0.25, 0.3) is 17.0 Å². The van der Waals surface area contributed by atoms with Crippen LogP contribution in [0.1, 0.15) is 12.5 Å². The predicted octanol–water partition coefficient (Wildman–Crippen LogP) is 5.67. The number of fused-ring (bicyclic) bond motifs is 1. The van der Waals surface area contributed by atoms with Crippen molar-refractivity contribution in [1.29, 1.82) is 0 Å². The number of hydrogen-bond donors (Lipinski definition) is 0. The average molecular weight is 485 g/mol. The molecular formula is C18H14F7N3O3S. The van der Waals surface area contributed by atoms with Crippen LogP contribution >= 0.6 is 12.3 Å². The number of pyridine rings is 2. The minimum atomic E-state index is -4.61. The first-order chi connectivity index (χ1) is 15.0. The molecule has 0 aliphatic rings. The normalized spacial score (nSPS) is 12.5. The topological polar surface area (TPSA) is 57.9 Å². The third kappa shape index (κ3) is 5.35. The van der Waals surface area contributed by atoms with Gasteiger partial charge in [0.15, 0.2) is 12.3 Å². The van der Waals surface area contributed by atoms with E-state index in [4.69, 9.17) is 8.37 Å². The molecule has 0 N–H and O–H groups in total. The van der Waals surface area contributed by atoms with E-state index in [1.807, 2.05) is 0 Å². The summed E-state index contributed by atoms with van der Waals surface area (Å²) >= 11 is 0.516. The van der Waals surface area contributed by atoms with Crippen LogP contribution in [0, 0.1) is 0 Å². The fourth-order valence-electron chi connectivity index (χ4n) is 2.39. The van der Waals surface area contributed by atoms with Crippen molar-refractivity contribution in [2.45, 2.75) is 25.4 Å². The second kappa shape index (κ2) is 9.40. The molecule has 14 heteroatoms. The molecule has 6 nitrogen and oxygen atoms in total. The summed E-state index contributed by atoms with van der Waals surface area (Å²) in [7, 11) is 0. The van der Waals surface area contributed by atoms with Gasteiger partial charge in [0.2, 0.25) is 18.2 Å². The Morgan fingerprint density at radius 2 is 1.84 bits per heavy atom. The fourth-order valence-corrected chi connectivity index (χ4v) is 2.76. The Hall–Kier alpha value is -2.74. The number of halogens is 7. The molecule has 3 rings (SSSR count). The second-order valence-corrected chi connectivity index (χ2v) is 6.74. The lowest BCUT2D eigenvalue weighted by molar-refractivity contribution is -0.148. The summed E-state index contributed by atoms with van der Waals surface area (Å²) in [5.74, 6) is -4.69. The Balaban J connectivity index is 1.93. The van der Waals surface area contributed by atoms with Crippen molar-refractivity contribution < 1.29 is 43.8 Å². The zero-order valence-corrected chi connectivity index (χ0v) is 16.9. The van der Waals surface area contributed by atoms with Gasteiger partial charge in [-0.15, -0.1) is 0 Å². The summed E-state index contributed by atoms with van der Waals surface area (Å²) in [5, 5.41) is 0. The zero-order valence-electron chi connectivity index (χ0n) is 16.1. The van der Waals surface area contributed by atoms with Crippen LogP contribution in [0.15, 0.2) is 36.7 Å². The van der Waals surface area contributed by atoms with Crippen LogP contribution in [0.3, 0.4) is 0 Å². The lowest BCUT2D eigenvalue weighted by atomic mass is 10.2. The molecule has 0 saturated heterocycles. The first-order valence-electron chi connectivity index (χ1n) is 8.83. The van der Waals surface area contributed by atoms with Gasteiger partial charge in [0.25, 0.3) is 0 Å². The largest absolute Gasteiger partial charge is 0.485 e.